The number of imidazole rings is 1. The highest BCUT2D eigenvalue weighted by atomic mass is 16.5. The van der Waals surface area contributed by atoms with Crippen molar-refractivity contribution in [3.63, 3.8) is 0 Å². The first-order chi connectivity index (χ1) is 13.8. The first-order valence-electron chi connectivity index (χ1n) is 10.8. The molecule has 1 N–H and O–H groups in total. The van der Waals surface area contributed by atoms with Gasteiger partial charge in [-0.15, -0.1) is 0 Å². The average molecular weight is 382 g/mol. The fourth-order valence-electron chi connectivity index (χ4n) is 4.76. The Bertz CT molecular complexity index is 767. The molecule has 2 aliphatic rings. The van der Waals surface area contributed by atoms with E-state index in [0.29, 0.717) is 12.5 Å². The second kappa shape index (κ2) is 8.91. The molecule has 1 amide bonds. The number of carbonyl (C=O) groups excluding carboxylic acids is 1. The van der Waals surface area contributed by atoms with Gasteiger partial charge in [0.2, 0.25) is 0 Å². The highest BCUT2D eigenvalue weighted by molar-refractivity contribution is 5.82. The van der Waals surface area contributed by atoms with Crippen molar-refractivity contribution in [3.8, 4) is 11.3 Å². The number of aromatic amines is 1. The zero-order chi connectivity index (χ0) is 19.3. The van der Waals surface area contributed by atoms with Crippen LogP contribution in [0.1, 0.15) is 63.7 Å². The monoisotopic (exact) mass is 381 g/mol. The predicted molar refractivity (Wildman–Crippen MR) is 110 cm³/mol. The number of benzene rings is 1. The van der Waals surface area contributed by atoms with Gasteiger partial charge in [-0.2, -0.15) is 0 Å². The maximum Gasteiger partial charge on any atom is 0.252 e. The zero-order valence-corrected chi connectivity index (χ0v) is 16.8. The van der Waals surface area contributed by atoms with E-state index >= 15 is 0 Å². The topological polar surface area (TPSA) is 58.2 Å². The highest BCUT2D eigenvalue weighted by Gasteiger charge is 2.38. The number of rotatable bonds is 6. The number of nitrogens with zero attached hydrogens (tertiary/aromatic N) is 2. The number of ether oxygens (including phenoxy) is 1. The van der Waals surface area contributed by atoms with Gasteiger partial charge >= 0.3 is 0 Å². The molecule has 1 saturated carbocycles. The van der Waals surface area contributed by atoms with Gasteiger partial charge in [0.15, 0.2) is 0 Å². The van der Waals surface area contributed by atoms with E-state index in [1.807, 2.05) is 36.2 Å². The maximum atomic E-state index is 13.5. The van der Waals surface area contributed by atoms with Crippen LogP contribution in [0.2, 0.25) is 0 Å². The van der Waals surface area contributed by atoms with Crippen LogP contribution in [0.3, 0.4) is 0 Å². The third kappa shape index (κ3) is 4.00. The molecule has 2 heterocycles. The Labute approximate surface area is 167 Å². The van der Waals surface area contributed by atoms with Crippen molar-refractivity contribution in [2.45, 2.75) is 64.0 Å². The summed E-state index contributed by atoms with van der Waals surface area (Å²) in [5.74, 6) is 1.43. The van der Waals surface area contributed by atoms with Gasteiger partial charge in [0.25, 0.3) is 5.91 Å². The fraction of sp³-hybridized carbons (Fsp3) is 0.565. The van der Waals surface area contributed by atoms with E-state index in [1.54, 1.807) is 0 Å². The number of hydrogen-bond acceptors (Lipinski definition) is 3. The molecule has 5 nitrogen and oxygen atoms in total. The minimum absolute atomic E-state index is 0.0167. The van der Waals surface area contributed by atoms with E-state index in [-0.39, 0.29) is 18.1 Å². The summed E-state index contributed by atoms with van der Waals surface area (Å²) < 4.78 is 5.98. The molecule has 1 aromatic heterocycles. The molecule has 4 rings (SSSR count). The second-order valence-corrected chi connectivity index (χ2v) is 8.01. The summed E-state index contributed by atoms with van der Waals surface area (Å²) in [6, 6.07) is 10.2. The molecule has 150 valence electrons. The lowest BCUT2D eigenvalue weighted by Crippen LogP contribution is -2.47. The van der Waals surface area contributed by atoms with Crippen molar-refractivity contribution >= 4 is 5.91 Å². The van der Waals surface area contributed by atoms with E-state index in [9.17, 15) is 4.79 Å². The highest BCUT2D eigenvalue weighted by Crippen LogP contribution is 2.35. The lowest BCUT2D eigenvalue weighted by molar-refractivity contribution is -0.151. The Balaban J connectivity index is 1.56. The van der Waals surface area contributed by atoms with Crippen LogP contribution in [0, 0.1) is 5.92 Å². The molecule has 1 saturated heterocycles. The van der Waals surface area contributed by atoms with Gasteiger partial charge in [-0.25, -0.2) is 4.98 Å². The quantitative estimate of drug-likeness (QED) is 0.787. The van der Waals surface area contributed by atoms with E-state index in [0.717, 1.165) is 55.7 Å². The summed E-state index contributed by atoms with van der Waals surface area (Å²) in [4.78, 5) is 23.7. The van der Waals surface area contributed by atoms with Gasteiger partial charge in [-0.05, 0) is 50.5 Å². The number of aromatic nitrogens is 2. The lowest BCUT2D eigenvalue weighted by Gasteiger charge is -2.38. The van der Waals surface area contributed by atoms with Crippen molar-refractivity contribution in [2.24, 2.45) is 5.92 Å². The van der Waals surface area contributed by atoms with Crippen LogP contribution in [0.5, 0.6) is 0 Å². The van der Waals surface area contributed by atoms with Crippen LogP contribution < -0.4 is 0 Å². The van der Waals surface area contributed by atoms with Crippen LogP contribution in [-0.2, 0) is 9.53 Å². The molecule has 5 heteroatoms. The first-order valence-corrected chi connectivity index (χ1v) is 10.8. The zero-order valence-electron chi connectivity index (χ0n) is 16.8. The van der Waals surface area contributed by atoms with Gasteiger partial charge in [0.05, 0.1) is 17.9 Å². The Morgan fingerprint density at radius 2 is 1.93 bits per heavy atom. The largest absolute Gasteiger partial charge is 0.368 e. The Morgan fingerprint density at radius 3 is 2.68 bits per heavy atom. The number of likely N-dealkylation sites (tertiary alicyclic amines) is 1. The lowest BCUT2D eigenvalue weighted by atomic mass is 9.95. The molecule has 28 heavy (non-hydrogen) atoms. The normalized spacial score (nSPS) is 21.8. The maximum absolute atomic E-state index is 13.5. The van der Waals surface area contributed by atoms with Gasteiger partial charge in [-0.3, -0.25) is 4.79 Å². The molecule has 2 aromatic rings. The van der Waals surface area contributed by atoms with Crippen molar-refractivity contribution in [2.75, 3.05) is 13.2 Å². The van der Waals surface area contributed by atoms with Crippen molar-refractivity contribution in [3.05, 3.63) is 42.4 Å². The van der Waals surface area contributed by atoms with Crippen LogP contribution >= 0.6 is 0 Å². The number of H-pyrrole nitrogens is 1. The molecular formula is C23H31N3O2. The summed E-state index contributed by atoms with van der Waals surface area (Å²) in [5.41, 5.74) is 2.12. The molecule has 0 radical (unpaired) electrons. The molecule has 1 aliphatic carbocycles. The van der Waals surface area contributed by atoms with Crippen LogP contribution in [-0.4, -0.2) is 40.0 Å². The number of amides is 1. The minimum atomic E-state index is -0.295. The minimum Gasteiger partial charge on any atom is -0.368 e. The SMILES string of the molecule is CCOC(C(=O)N1CCCCC1c1ncc(-c2ccccc2)[nH]1)C1CCCC1. The summed E-state index contributed by atoms with van der Waals surface area (Å²) in [6.45, 7) is 3.37. The van der Waals surface area contributed by atoms with Crippen LogP contribution in [0.15, 0.2) is 36.5 Å². The number of nitrogens with one attached hydrogen (secondary N) is 1. The van der Waals surface area contributed by atoms with Crippen molar-refractivity contribution < 1.29 is 9.53 Å². The number of hydrogen-bond donors (Lipinski definition) is 1. The fourth-order valence-corrected chi connectivity index (χ4v) is 4.76. The number of carbonyl (C=O) groups is 1. The van der Waals surface area contributed by atoms with Crippen LogP contribution in [0.4, 0.5) is 0 Å². The summed E-state index contributed by atoms with van der Waals surface area (Å²) in [6.07, 6.45) is 9.36. The second-order valence-electron chi connectivity index (χ2n) is 8.01. The summed E-state index contributed by atoms with van der Waals surface area (Å²) in [5, 5.41) is 0. The van der Waals surface area contributed by atoms with Gasteiger partial charge < -0.3 is 14.6 Å². The average Bonchev–Trinajstić information content (AvgIpc) is 3.44. The third-order valence-corrected chi connectivity index (χ3v) is 6.20. The Hall–Kier alpha value is -2.14. The predicted octanol–water partition coefficient (Wildman–Crippen LogP) is 4.73. The molecule has 2 atom stereocenters. The van der Waals surface area contributed by atoms with Crippen LogP contribution in [0.25, 0.3) is 11.3 Å². The molecule has 0 spiro atoms. The molecule has 1 aliphatic heterocycles. The van der Waals surface area contributed by atoms with Gasteiger partial charge in [0.1, 0.15) is 11.9 Å². The standard InChI is InChI=1S/C23H31N3O2/c1-2-28-21(18-12-6-7-13-18)23(27)26-15-9-8-14-20(26)22-24-16-19(25-22)17-10-4-3-5-11-17/h3-5,10-11,16,18,20-21H,2,6-9,12-15H2,1H3,(H,24,25). The van der Waals surface area contributed by atoms with E-state index in [4.69, 9.17) is 4.74 Å². The third-order valence-electron chi connectivity index (χ3n) is 6.20. The molecule has 2 unspecified atom stereocenters. The molecule has 0 bridgehead atoms. The Morgan fingerprint density at radius 1 is 1.18 bits per heavy atom. The molecule has 1 aromatic carbocycles. The van der Waals surface area contributed by atoms with Gasteiger partial charge in [-0.1, -0.05) is 43.2 Å². The van der Waals surface area contributed by atoms with E-state index in [1.165, 1.54) is 12.8 Å². The van der Waals surface area contributed by atoms with Crippen molar-refractivity contribution in [1.82, 2.24) is 14.9 Å². The molecule has 2 fully saturated rings. The van der Waals surface area contributed by atoms with Crippen molar-refractivity contribution in [1.29, 1.82) is 0 Å². The van der Waals surface area contributed by atoms with E-state index in [2.05, 4.69) is 22.1 Å². The number of piperidine rings is 1. The van der Waals surface area contributed by atoms with Gasteiger partial charge in [0, 0.05) is 13.2 Å². The molecular weight excluding hydrogens is 350 g/mol. The smallest absolute Gasteiger partial charge is 0.252 e. The Kier molecular flexibility index (Phi) is 6.10. The summed E-state index contributed by atoms with van der Waals surface area (Å²) in [7, 11) is 0. The first kappa shape index (κ1) is 19.2. The summed E-state index contributed by atoms with van der Waals surface area (Å²) >= 11 is 0. The van der Waals surface area contributed by atoms with E-state index < -0.39 is 0 Å².